The molecule has 0 radical (unpaired) electrons. The second-order valence-electron chi connectivity index (χ2n) is 6.70. The molecule has 0 bridgehead atoms. The maximum Gasteiger partial charge on any atom is 0.233 e. The first-order chi connectivity index (χ1) is 11.0. The number of nitrogens with one attached hydrogen (secondary N) is 2. The Kier molecular flexibility index (Phi) is 4.95. The monoisotopic (exact) mass is 331 g/mol. The highest BCUT2D eigenvalue weighted by atomic mass is 32.2. The second kappa shape index (κ2) is 6.95. The number of thioether (sulfide) groups is 1. The van der Waals surface area contributed by atoms with Crippen LogP contribution in [-0.2, 0) is 4.79 Å². The predicted octanol–water partition coefficient (Wildman–Crippen LogP) is 3.98. The van der Waals surface area contributed by atoms with Crippen molar-refractivity contribution < 1.29 is 4.79 Å². The van der Waals surface area contributed by atoms with E-state index in [0.29, 0.717) is 17.9 Å². The molecular weight excluding hydrogens is 306 g/mol. The minimum absolute atomic E-state index is 0.112. The molecule has 0 spiro atoms. The van der Waals surface area contributed by atoms with E-state index in [9.17, 15) is 4.79 Å². The molecule has 0 aliphatic heterocycles. The molecule has 1 heterocycles. The van der Waals surface area contributed by atoms with Crippen LogP contribution < -0.4 is 5.32 Å². The fourth-order valence-corrected chi connectivity index (χ4v) is 4.12. The smallest absolute Gasteiger partial charge is 0.233 e. The third-order valence-electron chi connectivity index (χ3n) is 5.06. The largest absolute Gasteiger partial charge is 0.352 e. The van der Waals surface area contributed by atoms with Crippen LogP contribution in [0, 0.1) is 11.8 Å². The topological polar surface area (TPSA) is 57.8 Å². The van der Waals surface area contributed by atoms with Gasteiger partial charge in [0.25, 0.3) is 0 Å². The number of aromatic amines is 1. The number of amides is 1. The Labute approximate surface area is 141 Å². The predicted molar refractivity (Wildman–Crippen MR) is 95.5 cm³/mol. The summed E-state index contributed by atoms with van der Waals surface area (Å²) in [4.78, 5) is 20.3. The molecular formula is C18H25N3OS. The van der Waals surface area contributed by atoms with Gasteiger partial charge in [-0.25, -0.2) is 4.98 Å². The van der Waals surface area contributed by atoms with E-state index in [-0.39, 0.29) is 11.2 Å². The van der Waals surface area contributed by atoms with Crippen molar-refractivity contribution in [3.05, 3.63) is 24.3 Å². The van der Waals surface area contributed by atoms with Crippen molar-refractivity contribution >= 4 is 28.7 Å². The molecule has 23 heavy (non-hydrogen) atoms. The standard InChI is InChI=1S/C18H25N3OS/c1-11-7-6-10-14(12(11)2)19-17(22)13(3)23-18-20-15-8-4-5-9-16(15)21-18/h4-5,8-9,11-14H,6-7,10H2,1-3H3,(H,19,22)(H,20,21)/t11-,12+,13+,14+/m0/s1. The zero-order valence-electron chi connectivity index (χ0n) is 14.0. The summed E-state index contributed by atoms with van der Waals surface area (Å²) < 4.78 is 0. The highest BCUT2D eigenvalue weighted by Crippen LogP contribution is 2.30. The second-order valence-corrected chi connectivity index (χ2v) is 8.03. The lowest BCUT2D eigenvalue weighted by molar-refractivity contribution is -0.121. The van der Waals surface area contributed by atoms with Crippen LogP contribution in [0.1, 0.15) is 40.0 Å². The Morgan fingerprint density at radius 1 is 1.35 bits per heavy atom. The maximum absolute atomic E-state index is 12.5. The van der Waals surface area contributed by atoms with Gasteiger partial charge in [0.05, 0.1) is 16.3 Å². The Morgan fingerprint density at radius 2 is 2.13 bits per heavy atom. The average molecular weight is 331 g/mol. The first-order valence-electron chi connectivity index (χ1n) is 8.46. The van der Waals surface area contributed by atoms with E-state index in [1.165, 1.54) is 24.6 Å². The molecule has 1 aliphatic carbocycles. The summed E-state index contributed by atoms with van der Waals surface area (Å²) in [7, 11) is 0. The number of H-pyrrole nitrogens is 1. The first-order valence-corrected chi connectivity index (χ1v) is 9.34. The molecule has 4 atom stereocenters. The van der Waals surface area contributed by atoms with Gasteiger partial charge in [-0.2, -0.15) is 0 Å². The zero-order chi connectivity index (χ0) is 16.4. The van der Waals surface area contributed by atoms with E-state index in [0.717, 1.165) is 22.6 Å². The van der Waals surface area contributed by atoms with Crippen molar-refractivity contribution in [3.8, 4) is 0 Å². The van der Waals surface area contributed by atoms with Gasteiger partial charge in [-0.3, -0.25) is 4.79 Å². The van der Waals surface area contributed by atoms with Crippen LogP contribution in [-0.4, -0.2) is 27.2 Å². The number of fused-ring (bicyclic) bond motifs is 1. The van der Waals surface area contributed by atoms with E-state index in [2.05, 4.69) is 29.1 Å². The van der Waals surface area contributed by atoms with E-state index in [1.807, 2.05) is 31.2 Å². The fourth-order valence-electron chi connectivity index (χ4n) is 3.29. The van der Waals surface area contributed by atoms with Crippen molar-refractivity contribution in [2.45, 2.75) is 56.5 Å². The Hall–Kier alpha value is -1.49. The van der Waals surface area contributed by atoms with Gasteiger partial charge in [-0.1, -0.05) is 50.6 Å². The Morgan fingerprint density at radius 3 is 2.91 bits per heavy atom. The minimum Gasteiger partial charge on any atom is -0.352 e. The van der Waals surface area contributed by atoms with Crippen molar-refractivity contribution in [3.63, 3.8) is 0 Å². The maximum atomic E-state index is 12.5. The van der Waals surface area contributed by atoms with Crippen LogP contribution >= 0.6 is 11.8 Å². The quantitative estimate of drug-likeness (QED) is 0.833. The summed E-state index contributed by atoms with van der Waals surface area (Å²) in [6.45, 7) is 6.49. The highest BCUT2D eigenvalue weighted by molar-refractivity contribution is 8.00. The number of hydrogen-bond acceptors (Lipinski definition) is 3. The van der Waals surface area contributed by atoms with Gasteiger partial charge in [-0.15, -0.1) is 0 Å². The number of benzene rings is 1. The van der Waals surface area contributed by atoms with E-state index < -0.39 is 0 Å². The van der Waals surface area contributed by atoms with Gasteiger partial charge in [0.15, 0.2) is 5.16 Å². The van der Waals surface area contributed by atoms with Gasteiger partial charge in [-0.05, 0) is 37.3 Å². The SMILES string of the molecule is C[C@@H]1[C@@H](C)CCC[C@H]1NC(=O)[C@@H](C)Sc1nc2ccccc2[nH]1. The van der Waals surface area contributed by atoms with Crippen LogP contribution in [0.2, 0.25) is 0 Å². The Bertz CT molecular complexity index is 651. The summed E-state index contributed by atoms with van der Waals surface area (Å²) in [6.07, 6.45) is 3.58. The van der Waals surface area contributed by atoms with Crippen molar-refractivity contribution in [2.24, 2.45) is 11.8 Å². The van der Waals surface area contributed by atoms with E-state index in [4.69, 9.17) is 0 Å². The molecule has 2 aromatic rings. The number of nitrogens with zero attached hydrogens (tertiary/aromatic N) is 1. The summed E-state index contributed by atoms with van der Waals surface area (Å²) in [5, 5.41) is 3.90. The lowest BCUT2D eigenvalue weighted by Gasteiger charge is -2.35. The molecule has 1 amide bonds. The molecule has 3 rings (SSSR count). The fraction of sp³-hybridized carbons (Fsp3) is 0.556. The summed E-state index contributed by atoms with van der Waals surface area (Å²) in [5.41, 5.74) is 1.95. The van der Waals surface area contributed by atoms with Gasteiger partial charge < -0.3 is 10.3 Å². The number of carbonyl (C=O) groups is 1. The summed E-state index contributed by atoms with van der Waals surface area (Å²) in [6, 6.07) is 8.24. The molecule has 2 N–H and O–H groups in total. The Balaban J connectivity index is 1.61. The molecule has 1 aliphatic rings. The van der Waals surface area contributed by atoms with Crippen molar-refractivity contribution in [2.75, 3.05) is 0 Å². The summed E-state index contributed by atoms with van der Waals surface area (Å²) in [5.74, 6) is 1.35. The molecule has 0 unspecified atom stereocenters. The lowest BCUT2D eigenvalue weighted by atomic mass is 9.78. The van der Waals surface area contributed by atoms with Crippen LogP contribution in [0.15, 0.2) is 29.4 Å². The molecule has 0 saturated heterocycles. The van der Waals surface area contributed by atoms with Crippen LogP contribution in [0.3, 0.4) is 0 Å². The van der Waals surface area contributed by atoms with Gasteiger partial charge >= 0.3 is 0 Å². The summed E-state index contributed by atoms with van der Waals surface area (Å²) >= 11 is 1.49. The number of hydrogen-bond donors (Lipinski definition) is 2. The normalized spacial score (nSPS) is 26.1. The molecule has 1 fully saturated rings. The van der Waals surface area contributed by atoms with E-state index >= 15 is 0 Å². The van der Waals surface area contributed by atoms with Crippen LogP contribution in [0.4, 0.5) is 0 Å². The van der Waals surface area contributed by atoms with Gasteiger partial charge in [0, 0.05) is 6.04 Å². The van der Waals surface area contributed by atoms with Crippen molar-refractivity contribution in [1.29, 1.82) is 0 Å². The third-order valence-corrected chi connectivity index (χ3v) is 6.04. The highest BCUT2D eigenvalue weighted by Gasteiger charge is 2.29. The average Bonchev–Trinajstić information content (AvgIpc) is 2.93. The number of aromatic nitrogens is 2. The number of imidazole rings is 1. The van der Waals surface area contributed by atoms with Crippen LogP contribution in [0.5, 0.6) is 0 Å². The van der Waals surface area contributed by atoms with Gasteiger partial charge in [0.1, 0.15) is 0 Å². The molecule has 1 aromatic carbocycles. The van der Waals surface area contributed by atoms with E-state index in [1.54, 1.807) is 0 Å². The number of carbonyl (C=O) groups excluding carboxylic acids is 1. The van der Waals surface area contributed by atoms with Crippen molar-refractivity contribution in [1.82, 2.24) is 15.3 Å². The molecule has 124 valence electrons. The van der Waals surface area contributed by atoms with Crippen LogP contribution in [0.25, 0.3) is 11.0 Å². The minimum atomic E-state index is -0.153. The molecule has 1 aromatic heterocycles. The van der Waals surface area contributed by atoms with Gasteiger partial charge in [0.2, 0.25) is 5.91 Å². The number of para-hydroxylation sites is 2. The lowest BCUT2D eigenvalue weighted by Crippen LogP contribution is -2.46. The third kappa shape index (κ3) is 3.71. The first kappa shape index (κ1) is 16.4. The number of rotatable bonds is 4. The zero-order valence-corrected chi connectivity index (χ0v) is 14.8. The molecule has 5 heteroatoms. The molecule has 4 nitrogen and oxygen atoms in total. The molecule has 1 saturated carbocycles.